The SMILES string of the molecule is COCCCCC1(CCCCOC)c2ccccc2Sc2ccccc21. The molecule has 2 nitrogen and oxygen atoms in total. The second-order valence-corrected chi connectivity index (χ2v) is 8.16. The standard InChI is InChI=1S/C23H30O2S/c1-24-17-9-7-15-23(16-8-10-18-25-2)19-11-3-5-13-21(19)26-22-14-6-4-12-20(22)23/h3-6,11-14H,7-10,15-18H2,1-2H3. The van der Waals surface area contributed by atoms with Crippen LogP contribution in [0.2, 0.25) is 0 Å². The third kappa shape index (κ3) is 4.16. The summed E-state index contributed by atoms with van der Waals surface area (Å²) in [7, 11) is 3.59. The largest absolute Gasteiger partial charge is 0.385 e. The molecule has 0 saturated heterocycles. The van der Waals surface area contributed by atoms with E-state index in [4.69, 9.17) is 9.47 Å². The number of fused-ring (bicyclic) bond motifs is 2. The Hall–Kier alpha value is -1.29. The maximum atomic E-state index is 5.30. The molecule has 0 spiro atoms. The van der Waals surface area contributed by atoms with Gasteiger partial charge in [-0.2, -0.15) is 0 Å². The molecule has 0 amide bonds. The second-order valence-electron chi connectivity index (χ2n) is 7.08. The van der Waals surface area contributed by atoms with Crippen molar-refractivity contribution in [2.75, 3.05) is 27.4 Å². The molecule has 0 bridgehead atoms. The van der Waals surface area contributed by atoms with Gasteiger partial charge in [-0.1, -0.05) is 48.2 Å². The molecule has 1 aliphatic heterocycles. The molecule has 0 saturated carbocycles. The lowest BCUT2D eigenvalue weighted by Gasteiger charge is -2.41. The molecule has 140 valence electrons. The molecule has 1 heterocycles. The summed E-state index contributed by atoms with van der Waals surface area (Å²) >= 11 is 1.92. The molecule has 0 aliphatic carbocycles. The van der Waals surface area contributed by atoms with Gasteiger partial charge >= 0.3 is 0 Å². The van der Waals surface area contributed by atoms with Gasteiger partial charge in [0.15, 0.2) is 0 Å². The molecule has 0 fully saturated rings. The number of hydrogen-bond donors (Lipinski definition) is 0. The number of hydrogen-bond acceptors (Lipinski definition) is 3. The normalized spacial score (nSPS) is 14.7. The third-order valence-corrected chi connectivity index (χ3v) is 6.58. The molecule has 3 heteroatoms. The van der Waals surface area contributed by atoms with Crippen LogP contribution in [0, 0.1) is 0 Å². The first-order chi connectivity index (χ1) is 12.8. The predicted molar refractivity (Wildman–Crippen MR) is 109 cm³/mol. The van der Waals surface area contributed by atoms with Gasteiger partial charge in [0, 0.05) is 42.6 Å². The first-order valence-electron chi connectivity index (χ1n) is 9.66. The average Bonchev–Trinajstić information content (AvgIpc) is 2.68. The Labute approximate surface area is 162 Å². The summed E-state index contributed by atoms with van der Waals surface area (Å²) in [5.74, 6) is 0. The molecule has 2 aromatic rings. The Morgan fingerprint density at radius 3 is 1.62 bits per heavy atom. The van der Waals surface area contributed by atoms with Gasteiger partial charge in [-0.25, -0.2) is 0 Å². The number of ether oxygens (including phenoxy) is 2. The molecule has 26 heavy (non-hydrogen) atoms. The third-order valence-electron chi connectivity index (χ3n) is 5.43. The first-order valence-corrected chi connectivity index (χ1v) is 10.5. The molecular weight excluding hydrogens is 340 g/mol. The van der Waals surface area contributed by atoms with Crippen LogP contribution in [0.25, 0.3) is 0 Å². The van der Waals surface area contributed by atoms with E-state index in [-0.39, 0.29) is 5.41 Å². The summed E-state index contributed by atoms with van der Waals surface area (Å²) in [6.45, 7) is 1.69. The summed E-state index contributed by atoms with van der Waals surface area (Å²) in [5.41, 5.74) is 3.14. The fraction of sp³-hybridized carbons (Fsp3) is 0.478. The van der Waals surface area contributed by atoms with E-state index in [1.165, 1.54) is 46.6 Å². The van der Waals surface area contributed by atoms with Gasteiger partial charge in [-0.05, 0) is 61.8 Å². The second kappa shape index (κ2) is 9.59. The van der Waals surface area contributed by atoms with E-state index in [0.717, 1.165) is 26.1 Å². The zero-order chi connectivity index (χ0) is 18.2. The van der Waals surface area contributed by atoms with E-state index < -0.39 is 0 Å². The number of benzene rings is 2. The van der Waals surface area contributed by atoms with Gasteiger partial charge in [-0.15, -0.1) is 0 Å². The van der Waals surface area contributed by atoms with Crippen molar-refractivity contribution in [2.24, 2.45) is 0 Å². The van der Waals surface area contributed by atoms with E-state index in [1.807, 2.05) is 11.8 Å². The van der Waals surface area contributed by atoms with E-state index >= 15 is 0 Å². The molecule has 1 aliphatic rings. The lowest BCUT2D eigenvalue weighted by atomic mass is 9.67. The Bertz CT molecular complexity index is 639. The highest BCUT2D eigenvalue weighted by Crippen LogP contribution is 2.53. The average molecular weight is 371 g/mol. The van der Waals surface area contributed by atoms with Crippen molar-refractivity contribution in [3.05, 3.63) is 59.7 Å². The van der Waals surface area contributed by atoms with Crippen LogP contribution in [0.1, 0.15) is 49.7 Å². The topological polar surface area (TPSA) is 18.5 Å². The summed E-state index contributed by atoms with van der Waals surface area (Å²) in [6.07, 6.45) is 6.97. The summed E-state index contributed by atoms with van der Waals surface area (Å²) in [5, 5.41) is 0. The highest BCUT2D eigenvalue weighted by atomic mass is 32.2. The molecule has 0 radical (unpaired) electrons. The Morgan fingerprint density at radius 1 is 0.692 bits per heavy atom. The van der Waals surface area contributed by atoms with Gasteiger partial charge in [0.2, 0.25) is 0 Å². The minimum atomic E-state index is 0.111. The summed E-state index contributed by atoms with van der Waals surface area (Å²) in [4.78, 5) is 2.84. The monoisotopic (exact) mass is 370 g/mol. The van der Waals surface area contributed by atoms with E-state index in [1.54, 1.807) is 14.2 Å². The van der Waals surface area contributed by atoms with Crippen molar-refractivity contribution in [1.82, 2.24) is 0 Å². The predicted octanol–water partition coefficient (Wildman–Crippen LogP) is 6.07. The fourth-order valence-corrected chi connectivity index (χ4v) is 5.45. The summed E-state index contributed by atoms with van der Waals surface area (Å²) in [6, 6.07) is 18.0. The molecule has 3 rings (SSSR count). The smallest absolute Gasteiger partial charge is 0.0462 e. The van der Waals surface area contributed by atoms with Crippen molar-refractivity contribution in [2.45, 2.75) is 53.7 Å². The maximum Gasteiger partial charge on any atom is 0.0462 e. The van der Waals surface area contributed by atoms with Gasteiger partial charge in [-0.3, -0.25) is 0 Å². The Balaban J connectivity index is 1.96. The van der Waals surface area contributed by atoms with E-state index in [2.05, 4.69) is 48.5 Å². The molecular formula is C23H30O2S. The molecule has 0 unspecified atom stereocenters. The molecule has 0 aromatic heterocycles. The number of methoxy groups -OCH3 is 2. The van der Waals surface area contributed by atoms with E-state index in [0.29, 0.717) is 0 Å². The maximum absolute atomic E-state index is 5.30. The van der Waals surface area contributed by atoms with Gasteiger partial charge < -0.3 is 9.47 Å². The van der Waals surface area contributed by atoms with Crippen LogP contribution in [0.15, 0.2) is 58.3 Å². The molecule has 0 N–H and O–H groups in total. The van der Waals surface area contributed by atoms with Crippen LogP contribution in [0.3, 0.4) is 0 Å². The summed E-state index contributed by atoms with van der Waals surface area (Å²) < 4.78 is 10.6. The lowest BCUT2D eigenvalue weighted by molar-refractivity contribution is 0.184. The van der Waals surface area contributed by atoms with Crippen molar-refractivity contribution >= 4 is 11.8 Å². The van der Waals surface area contributed by atoms with Crippen molar-refractivity contribution < 1.29 is 9.47 Å². The minimum absolute atomic E-state index is 0.111. The van der Waals surface area contributed by atoms with Gasteiger partial charge in [0.05, 0.1) is 0 Å². The molecule has 2 aromatic carbocycles. The lowest BCUT2D eigenvalue weighted by Crippen LogP contribution is -2.31. The van der Waals surface area contributed by atoms with Crippen molar-refractivity contribution in [3.8, 4) is 0 Å². The van der Waals surface area contributed by atoms with Gasteiger partial charge in [0.1, 0.15) is 0 Å². The van der Waals surface area contributed by atoms with Crippen LogP contribution < -0.4 is 0 Å². The molecule has 0 atom stereocenters. The Kier molecular flexibility index (Phi) is 7.18. The first kappa shape index (κ1) is 19.5. The van der Waals surface area contributed by atoms with Crippen molar-refractivity contribution in [1.29, 1.82) is 0 Å². The number of rotatable bonds is 10. The highest BCUT2D eigenvalue weighted by Gasteiger charge is 2.39. The van der Waals surface area contributed by atoms with Crippen LogP contribution in [0.4, 0.5) is 0 Å². The van der Waals surface area contributed by atoms with Gasteiger partial charge in [0.25, 0.3) is 0 Å². The van der Waals surface area contributed by atoms with Crippen LogP contribution in [0.5, 0.6) is 0 Å². The quantitative estimate of drug-likeness (QED) is 0.473. The van der Waals surface area contributed by atoms with Crippen LogP contribution in [-0.4, -0.2) is 27.4 Å². The van der Waals surface area contributed by atoms with E-state index in [9.17, 15) is 0 Å². The minimum Gasteiger partial charge on any atom is -0.385 e. The zero-order valence-corrected chi connectivity index (χ0v) is 16.8. The van der Waals surface area contributed by atoms with Crippen LogP contribution >= 0.6 is 11.8 Å². The number of unbranched alkanes of at least 4 members (excludes halogenated alkanes) is 2. The fourth-order valence-electron chi connectivity index (χ4n) is 4.18. The van der Waals surface area contributed by atoms with Crippen molar-refractivity contribution in [3.63, 3.8) is 0 Å². The highest BCUT2D eigenvalue weighted by molar-refractivity contribution is 7.99. The zero-order valence-electron chi connectivity index (χ0n) is 16.0. The Morgan fingerprint density at radius 2 is 1.15 bits per heavy atom. The van der Waals surface area contributed by atoms with Crippen LogP contribution in [-0.2, 0) is 14.9 Å².